The summed E-state index contributed by atoms with van der Waals surface area (Å²) in [6, 6.07) is 7.60. The Morgan fingerprint density at radius 2 is 2.26 bits per heavy atom. The van der Waals surface area contributed by atoms with Gasteiger partial charge in [-0.15, -0.1) is 0 Å². The minimum atomic E-state index is 0.390. The van der Waals surface area contributed by atoms with Crippen molar-refractivity contribution in [3.8, 4) is 6.07 Å². The lowest BCUT2D eigenvalue weighted by Gasteiger charge is -2.06. The Kier molecular flexibility index (Phi) is 2.46. The number of nitrogens with zero attached hydrogens (tertiary/aromatic N) is 5. The van der Waals surface area contributed by atoms with Crippen LogP contribution in [-0.2, 0) is 13.6 Å². The smallest absolute Gasteiger partial charge is 0.201 e. The van der Waals surface area contributed by atoms with Crippen LogP contribution >= 0.6 is 0 Å². The third-order valence-corrected chi connectivity index (χ3v) is 3.15. The average molecular weight is 252 g/mol. The Morgan fingerprint density at radius 1 is 1.42 bits per heavy atom. The number of fused-ring (bicyclic) bond motifs is 1. The first-order chi connectivity index (χ1) is 9.20. The number of nitriles is 1. The van der Waals surface area contributed by atoms with E-state index in [0.29, 0.717) is 23.6 Å². The molecular weight excluding hydrogens is 240 g/mol. The number of nitrogen functional groups attached to an aromatic ring is 1. The van der Waals surface area contributed by atoms with Gasteiger partial charge in [0.1, 0.15) is 17.4 Å². The van der Waals surface area contributed by atoms with Crippen molar-refractivity contribution in [1.82, 2.24) is 19.1 Å². The molecule has 0 spiro atoms. The van der Waals surface area contributed by atoms with Crippen LogP contribution in [0.5, 0.6) is 0 Å². The van der Waals surface area contributed by atoms with E-state index in [0.717, 1.165) is 11.3 Å². The van der Waals surface area contributed by atoms with Crippen LogP contribution in [0.3, 0.4) is 0 Å². The standard InChI is InChI=1S/C13H12N6/c1-18-6-5-16-11(18)8-19-10-4-2-3-9(7-14)12(10)17-13(19)15/h2-6H,8H2,1H3,(H2,15,17). The van der Waals surface area contributed by atoms with Crippen LogP contribution in [-0.4, -0.2) is 19.1 Å². The summed E-state index contributed by atoms with van der Waals surface area (Å²) in [4.78, 5) is 8.55. The van der Waals surface area contributed by atoms with Crippen LogP contribution < -0.4 is 5.73 Å². The Labute approximate surface area is 109 Å². The quantitative estimate of drug-likeness (QED) is 0.744. The Bertz CT molecular complexity index is 789. The fourth-order valence-electron chi connectivity index (χ4n) is 2.11. The molecule has 2 aromatic heterocycles. The van der Waals surface area contributed by atoms with Gasteiger partial charge < -0.3 is 14.9 Å². The molecule has 3 rings (SSSR count). The summed E-state index contributed by atoms with van der Waals surface area (Å²) >= 11 is 0. The Balaban J connectivity index is 2.17. The van der Waals surface area contributed by atoms with Crippen molar-refractivity contribution in [2.75, 3.05) is 5.73 Å². The molecular formula is C13H12N6. The van der Waals surface area contributed by atoms with Gasteiger partial charge in [0, 0.05) is 19.4 Å². The highest BCUT2D eigenvalue weighted by molar-refractivity contribution is 5.84. The van der Waals surface area contributed by atoms with Gasteiger partial charge in [-0.1, -0.05) is 6.07 Å². The van der Waals surface area contributed by atoms with Gasteiger partial charge >= 0.3 is 0 Å². The Morgan fingerprint density at radius 3 is 2.95 bits per heavy atom. The summed E-state index contributed by atoms with van der Waals surface area (Å²) in [5.74, 6) is 1.27. The van der Waals surface area contributed by atoms with E-state index in [1.807, 2.05) is 34.5 Å². The minimum Gasteiger partial charge on any atom is -0.369 e. The van der Waals surface area contributed by atoms with E-state index < -0.39 is 0 Å². The van der Waals surface area contributed by atoms with Crippen molar-refractivity contribution >= 4 is 17.0 Å². The molecule has 6 nitrogen and oxygen atoms in total. The van der Waals surface area contributed by atoms with Crippen molar-refractivity contribution < 1.29 is 0 Å². The lowest BCUT2D eigenvalue weighted by atomic mass is 10.2. The molecule has 0 saturated carbocycles. The molecule has 0 aliphatic carbocycles. The molecule has 3 aromatic rings. The molecule has 0 fully saturated rings. The second-order valence-corrected chi connectivity index (χ2v) is 4.30. The summed E-state index contributed by atoms with van der Waals surface area (Å²) in [6.45, 7) is 0.528. The molecule has 0 aliphatic heterocycles. The van der Waals surface area contributed by atoms with Crippen LogP contribution in [0.4, 0.5) is 5.95 Å². The summed E-state index contributed by atoms with van der Waals surface area (Å²) in [5.41, 5.74) is 7.96. The van der Waals surface area contributed by atoms with E-state index in [-0.39, 0.29) is 0 Å². The minimum absolute atomic E-state index is 0.390. The summed E-state index contributed by atoms with van der Waals surface area (Å²) < 4.78 is 3.79. The van der Waals surface area contributed by atoms with E-state index in [1.54, 1.807) is 12.3 Å². The number of aromatic nitrogens is 4. The highest BCUT2D eigenvalue weighted by atomic mass is 15.2. The van der Waals surface area contributed by atoms with Crippen molar-refractivity contribution in [2.24, 2.45) is 7.05 Å². The van der Waals surface area contributed by atoms with Gasteiger partial charge in [0.15, 0.2) is 0 Å². The molecule has 19 heavy (non-hydrogen) atoms. The van der Waals surface area contributed by atoms with Gasteiger partial charge in [0.2, 0.25) is 5.95 Å². The van der Waals surface area contributed by atoms with E-state index in [1.165, 1.54) is 0 Å². The van der Waals surface area contributed by atoms with Crippen molar-refractivity contribution in [2.45, 2.75) is 6.54 Å². The predicted molar refractivity (Wildman–Crippen MR) is 71.2 cm³/mol. The molecule has 0 atom stereocenters. The normalized spacial score (nSPS) is 10.7. The van der Waals surface area contributed by atoms with Crippen molar-refractivity contribution in [3.63, 3.8) is 0 Å². The summed E-state index contributed by atoms with van der Waals surface area (Å²) in [6.07, 6.45) is 3.62. The van der Waals surface area contributed by atoms with Gasteiger partial charge in [0.25, 0.3) is 0 Å². The third-order valence-electron chi connectivity index (χ3n) is 3.15. The van der Waals surface area contributed by atoms with Crippen LogP contribution in [0.25, 0.3) is 11.0 Å². The fourth-order valence-corrected chi connectivity index (χ4v) is 2.11. The monoisotopic (exact) mass is 252 g/mol. The van der Waals surface area contributed by atoms with E-state index in [2.05, 4.69) is 16.0 Å². The molecule has 0 amide bonds. The molecule has 0 saturated heterocycles. The molecule has 1 aromatic carbocycles. The van der Waals surface area contributed by atoms with E-state index in [4.69, 9.17) is 11.0 Å². The first kappa shape index (κ1) is 11.3. The molecule has 94 valence electrons. The number of aryl methyl sites for hydroxylation is 1. The molecule has 6 heteroatoms. The van der Waals surface area contributed by atoms with Crippen molar-refractivity contribution in [3.05, 3.63) is 42.0 Å². The Hall–Kier alpha value is -2.81. The second kappa shape index (κ2) is 4.14. The number of rotatable bonds is 2. The number of hydrogen-bond donors (Lipinski definition) is 1. The number of benzene rings is 1. The van der Waals surface area contributed by atoms with Gasteiger partial charge in [-0.2, -0.15) is 5.26 Å². The molecule has 0 unspecified atom stereocenters. The molecule has 0 aliphatic rings. The summed E-state index contributed by atoms with van der Waals surface area (Å²) in [5, 5.41) is 9.08. The third kappa shape index (κ3) is 1.72. The van der Waals surface area contributed by atoms with Crippen LogP contribution in [0, 0.1) is 11.3 Å². The van der Waals surface area contributed by atoms with Crippen LogP contribution in [0.1, 0.15) is 11.4 Å². The second-order valence-electron chi connectivity index (χ2n) is 4.30. The number of nitrogens with two attached hydrogens (primary N) is 1. The van der Waals surface area contributed by atoms with E-state index >= 15 is 0 Å². The van der Waals surface area contributed by atoms with Gasteiger partial charge in [-0.3, -0.25) is 0 Å². The zero-order valence-electron chi connectivity index (χ0n) is 10.4. The highest BCUT2D eigenvalue weighted by Gasteiger charge is 2.12. The van der Waals surface area contributed by atoms with Crippen LogP contribution in [0.15, 0.2) is 30.6 Å². The first-order valence-electron chi connectivity index (χ1n) is 5.81. The molecule has 2 N–H and O–H groups in total. The number of para-hydroxylation sites is 1. The maximum atomic E-state index is 9.08. The number of imidazole rings is 2. The maximum absolute atomic E-state index is 9.08. The van der Waals surface area contributed by atoms with E-state index in [9.17, 15) is 0 Å². The maximum Gasteiger partial charge on any atom is 0.201 e. The SMILES string of the molecule is Cn1ccnc1Cn1c(N)nc2c(C#N)cccc21. The van der Waals surface area contributed by atoms with Gasteiger partial charge in [0.05, 0.1) is 17.6 Å². The zero-order chi connectivity index (χ0) is 13.4. The highest BCUT2D eigenvalue weighted by Crippen LogP contribution is 2.21. The molecule has 0 bridgehead atoms. The van der Waals surface area contributed by atoms with Gasteiger partial charge in [-0.05, 0) is 12.1 Å². The first-order valence-corrected chi connectivity index (χ1v) is 5.81. The lowest BCUT2D eigenvalue weighted by molar-refractivity contribution is 0.720. The number of hydrogen-bond acceptors (Lipinski definition) is 4. The van der Waals surface area contributed by atoms with Crippen LogP contribution in [0.2, 0.25) is 0 Å². The van der Waals surface area contributed by atoms with Gasteiger partial charge in [-0.25, -0.2) is 9.97 Å². The summed E-state index contributed by atoms with van der Waals surface area (Å²) in [7, 11) is 1.93. The fraction of sp³-hybridized carbons (Fsp3) is 0.154. The predicted octanol–water partition coefficient (Wildman–Crippen LogP) is 1.27. The molecule has 2 heterocycles. The topological polar surface area (TPSA) is 85.4 Å². The van der Waals surface area contributed by atoms with Crippen molar-refractivity contribution in [1.29, 1.82) is 5.26 Å². The largest absolute Gasteiger partial charge is 0.369 e. The molecule has 0 radical (unpaired) electrons. The lowest BCUT2D eigenvalue weighted by Crippen LogP contribution is -2.08. The average Bonchev–Trinajstić information content (AvgIpc) is 2.95. The zero-order valence-corrected chi connectivity index (χ0v) is 10.4. The number of anilines is 1.